The molecule has 0 amide bonds. The van der Waals surface area contributed by atoms with E-state index < -0.39 is 5.41 Å². The van der Waals surface area contributed by atoms with E-state index in [1.165, 1.54) is 49.6 Å². The van der Waals surface area contributed by atoms with Crippen molar-refractivity contribution in [3.05, 3.63) is 234 Å². The highest BCUT2D eigenvalue weighted by Gasteiger charge is 2.52. The van der Waals surface area contributed by atoms with Crippen molar-refractivity contribution in [3.8, 4) is 62.5 Å². The molecule has 296 valence electrons. The van der Waals surface area contributed by atoms with Gasteiger partial charge < -0.3 is 9.30 Å². The average Bonchev–Trinajstić information content (AvgIpc) is 3.85. The normalized spacial score (nSPS) is 15.9. The van der Waals surface area contributed by atoms with Gasteiger partial charge in [-0.15, -0.1) is 0 Å². The summed E-state index contributed by atoms with van der Waals surface area (Å²) >= 11 is 0. The monoisotopic (exact) mass is 806 g/mol. The largest absolute Gasteiger partial charge is 0.457 e. The molecule has 5 nitrogen and oxygen atoms in total. The van der Waals surface area contributed by atoms with Crippen molar-refractivity contribution in [2.24, 2.45) is 0 Å². The number of para-hydroxylation sites is 3. The molecule has 2 aromatic heterocycles. The lowest BCUT2D eigenvalue weighted by Gasteiger charge is -2.41. The predicted octanol–water partition coefficient (Wildman–Crippen LogP) is 14.2. The number of benzene rings is 8. The van der Waals surface area contributed by atoms with Crippen LogP contribution in [-0.4, -0.2) is 19.5 Å². The molecular weight excluding hydrogens is 769 g/mol. The van der Waals surface area contributed by atoms with Crippen LogP contribution in [0.5, 0.6) is 11.5 Å². The van der Waals surface area contributed by atoms with Crippen molar-refractivity contribution in [2.75, 3.05) is 0 Å². The Labute approximate surface area is 365 Å². The van der Waals surface area contributed by atoms with E-state index in [4.69, 9.17) is 19.7 Å². The molecule has 0 saturated heterocycles. The fourth-order valence-corrected chi connectivity index (χ4v) is 10.5. The van der Waals surface area contributed by atoms with Gasteiger partial charge in [0.25, 0.3) is 0 Å². The molecule has 3 heterocycles. The van der Waals surface area contributed by atoms with E-state index in [2.05, 4.69) is 193 Å². The summed E-state index contributed by atoms with van der Waals surface area (Å²) in [5.74, 6) is 3.60. The minimum atomic E-state index is -0.513. The lowest BCUT2D eigenvalue weighted by Crippen LogP contribution is -2.33. The third-order valence-corrected chi connectivity index (χ3v) is 13.2. The van der Waals surface area contributed by atoms with Gasteiger partial charge in [-0.1, -0.05) is 152 Å². The molecule has 0 N–H and O–H groups in total. The van der Waals surface area contributed by atoms with E-state index in [-0.39, 0.29) is 0 Å². The lowest BCUT2D eigenvalue weighted by atomic mass is 9.64. The Balaban J connectivity index is 0.941. The number of rotatable bonds is 5. The highest BCUT2D eigenvalue weighted by Crippen LogP contribution is 2.63. The zero-order chi connectivity index (χ0) is 41.5. The van der Waals surface area contributed by atoms with E-state index in [1.54, 1.807) is 0 Å². The fraction of sp³-hybridized carbons (Fsp3) is 0.0517. The van der Waals surface area contributed by atoms with Crippen molar-refractivity contribution in [3.63, 3.8) is 0 Å². The number of hydrogen-bond acceptors (Lipinski definition) is 4. The molecule has 1 spiro atoms. The fourth-order valence-electron chi connectivity index (χ4n) is 10.5. The predicted molar refractivity (Wildman–Crippen MR) is 254 cm³/mol. The van der Waals surface area contributed by atoms with Gasteiger partial charge >= 0.3 is 0 Å². The summed E-state index contributed by atoms with van der Waals surface area (Å²) in [6.07, 6.45) is 6.60. The third kappa shape index (κ3) is 5.39. The van der Waals surface area contributed by atoms with Crippen LogP contribution in [0.3, 0.4) is 0 Å². The molecule has 5 heteroatoms. The standard InChI is InChI=1S/C58H38N4O/c1-2-15-38(16-3-1)55-59-56(40-18-14-17-39(35-40)37-29-32-42(33-30-37)62-51-26-11-6-21-45(51)46-22-7-12-27-52(46)62)61-57(60-55)41-31-34-54-50(36-41)58(49-25-10-13-28-53(49)63-54)47-23-8-4-19-43(47)44-20-5-9-24-48(44)58/h1-8,10-23,25-36H,9,24H2. The van der Waals surface area contributed by atoms with Crippen molar-refractivity contribution in [1.29, 1.82) is 0 Å². The molecule has 3 aliphatic rings. The molecule has 1 unspecified atom stereocenters. The maximum atomic E-state index is 6.76. The first kappa shape index (κ1) is 35.6. The Morgan fingerprint density at radius 2 is 1.03 bits per heavy atom. The van der Waals surface area contributed by atoms with Crippen molar-refractivity contribution < 1.29 is 4.74 Å². The summed E-state index contributed by atoms with van der Waals surface area (Å²) in [5.41, 5.74) is 15.5. The topological polar surface area (TPSA) is 52.8 Å². The Morgan fingerprint density at radius 3 is 1.81 bits per heavy atom. The van der Waals surface area contributed by atoms with Crippen molar-refractivity contribution in [1.82, 2.24) is 19.5 Å². The molecule has 0 fully saturated rings. The number of hydrogen-bond donors (Lipinski definition) is 0. The van der Waals surface area contributed by atoms with Gasteiger partial charge in [0.15, 0.2) is 17.5 Å². The van der Waals surface area contributed by atoms with Crippen LogP contribution in [0, 0.1) is 0 Å². The SMILES string of the molecule is C1=CC2=C(CC1)C1(c3ccccc3Oc3ccc(-c4nc(-c5ccccc5)nc(-c5cccc(-c6ccc(-n7c8ccccc8c8ccccc87)cc6)c5)n4)cc31)c1ccccc12. The summed E-state index contributed by atoms with van der Waals surface area (Å²) in [7, 11) is 0. The minimum Gasteiger partial charge on any atom is -0.457 e. The second-order valence-electron chi connectivity index (χ2n) is 16.6. The zero-order valence-electron chi connectivity index (χ0n) is 34.2. The van der Waals surface area contributed by atoms with Gasteiger partial charge in [-0.25, -0.2) is 15.0 Å². The summed E-state index contributed by atoms with van der Waals surface area (Å²) in [5, 5.41) is 2.50. The molecule has 63 heavy (non-hydrogen) atoms. The van der Waals surface area contributed by atoms with Crippen LogP contribution in [0.4, 0.5) is 0 Å². The average molecular weight is 807 g/mol. The van der Waals surface area contributed by atoms with Gasteiger partial charge in [0.1, 0.15) is 11.5 Å². The smallest absolute Gasteiger partial charge is 0.164 e. The van der Waals surface area contributed by atoms with Crippen LogP contribution < -0.4 is 4.74 Å². The molecule has 2 aliphatic carbocycles. The second-order valence-corrected chi connectivity index (χ2v) is 16.6. The first-order valence-electron chi connectivity index (χ1n) is 21.7. The van der Waals surface area contributed by atoms with Crippen LogP contribution in [-0.2, 0) is 5.41 Å². The number of ether oxygens (including phenoxy) is 1. The number of nitrogens with zero attached hydrogens (tertiary/aromatic N) is 4. The first-order valence-corrected chi connectivity index (χ1v) is 21.7. The van der Waals surface area contributed by atoms with Crippen LogP contribution >= 0.6 is 0 Å². The molecule has 1 aliphatic heterocycles. The summed E-state index contributed by atoms with van der Waals surface area (Å²) in [6.45, 7) is 0. The Bertz CT molecular complexity index is 3490. The van der Waals surface area contributed by atoms with Gasteiger partial charge in [-0.2, -0.15) is 0 Å². The van der Waals surface area contributed by atoms with Crippen molar-refractivity contribution >= 4 is 27.4 Å². The molecule has 13 rings (SSSR count). The Morgan fingerprint density at radius 1 is 0.444 bits per heavy atom. The van der Waals surface area contributed by atoms with E-state index in [0.717, 1.165) is 63.4 Å². The van der Waals surface area contributed by atoms with Crippen LogP contribution in [0.2, 0.25) is 0 Å². The number of aromatic nitrogens is 4. The van der Waals surface area contributed by atoms with E-state index in [9.17, 15) is 0 Å². The van der Waals surface area contributed by atoms with Gasteiger partial charge in [0.05, 0.1) is 16.4 Å². The van der Waals surface area contributed by atoms with E-state index in [1.807, 2.05) is 18.2 Å². The molecule has 8 aromatic carbocycles. The first-order chi connectivity index (χ1) is 31.2. The molecule has 10 aromatic rings. The van der Waals surface area contributed by atoms with Crippen molar-refractivity contribution in [2.45, 2.75) is 18.3 Å². The van der Waals surface area contributed by atoms with Gasteiger partial charge in [-0.05, 0) is 101 Å². The number of allylic oxidation sites excluding steroid dienone is 4. The Hall–Kier alpha value is -8.15. The van der Waals surface area contributed by atoms with Gasteiger partial charge in [0, 0.05) is 44.3 Å². The van der Waals surface area contributed by atoms with Gasteiger partial charge in [0.2, 0.25) is 0 Å². The Kier molecular flexibility index (Phi) is 7.88. The minimum absolute atomic E-state index is 0.513. The van der Waals surface area contributed by atoms with Gasteiger partial charge in [-0.3, -0.25) is 0 Å². The zero-order valence-corrected chi connectivity index (χ0v) is 34.2. The summed E-state index contributed by atoms with van der Waals surface area (Å²) in [4.78, 5) is 15.6. The molecular formula is C58H38N4O. The van der Waals surface area contributed by atoms with Crippen LogP contribution in [0.25, 0.3) is 78.4 Å². The number of fused-ring (bicyclic) bond motifs is 11. The van der Waals surface area contributed by atoms with Crippen LogP contribution in [0.1, 0.15) is 35.1 Å². The maximum absolute atomic E-state index is 6.76. The molecule has 0 radical (unpaired) electrons. The quantitative estimate of drug-likeness (QED) is 0.174. The second kappa shape index (κ2) is 13.9. The van der Waals surface area contributed by atoms with E-state index >= 15 is 0 Å². The molecule has 0 bridgehead atoms. The van der Waals surface area contributed by atoms with Crippen LogP contribution in [0.15, 0.2) is 212 Å². The molecule has 0 saturated carbocycles. The molecule has 1 atom stereocenters. The highest BCUT2D eigenvalue weighted by atomic mass is 16.5. The summed E-state index contributed by atoms with van der Waals surface area (Å²) in [6, 6.07) is 68.8. The maximum Gasteiger partial charge on any atom is 0.164 e. The lowest BCUT2D eigenvalue weighted by molar-refractivity contribution is 0.432. The third-order valence-electron chi connectivity index (χ3n) is 13.2. The highest BCUT2D eigenvalue weighted by molar-refractivity contribution is 6.09. The summed E-state index contributed by atoms with van der Waals surface area (Å²) < 4.78 is 9.11. The van der Waals surface area contributed by atoms with E-state index in [0.29, 0.717) is 17.5 Å².